The monoisotopic (exact) mass is 326 g/mol. The van der Waals surface area contributed by atoms with Gasteiger partial charge in [-0.25, -0.2) is 9.37 Å². The molecule has 0 spiro atoms. The fraction of sp³-hybridized carbons (Fsp3) is 0.308. The number of aryl methyl sites for hydroxylation is 2. The summed E-state index contributed by atoms with van der Waals surface area (Å²) in [7, 11) is 0. The van der Waals surface area contributed by atoms with Crippen molar-refractivity contribution in [3.05, 3.63) is 44.1 Å². The van der Waals surface area contributed by atoms with Crippen LogP contribution in [-0.4, -0.2) is 4.98 Å². The van der Waals surface area contributed by atoms with Crippen LogP contribution >= 0.6 is 27.3 Å². The van der Waals surface area contributed by atoms with Gasteiger partial charge in [-0.15, -0.1) is 11.3 Å². The Kier molecular flexibility index (Phi) is 2.90. The minimum Gasteiger partial charge on any atom is -0.375 e. The van der Waals surface area contributed by atoms with Gasteiger partial charge >= 0.3 is 0 Å². The Balaban J connectivity index is 2.09. The van der Waals surface area contributed by atoms with E-state index < -0.39 is 0 Å². The van der Waals surface area contributed by atoms with Crippen LogP contribution in [0.4, 0.5) is 9.52 Å². The number of anilines is 1. The van der Waals surface area contributed by atoms with Gasteiger partial charge in [0.15, 0.2) is 5.13 Å². The highest BCUT2D eigenvalue weighted by molar-refractivity contribution is 9.10. The molecule has 1 heterocycles. The molecule has 0 bridgehead atoms. The number of benzene rings is 1. The summed E-state index contributed by atoms with van der Waals surface area (Å²) in [6, 6.07) is 3.47. The van der Waals surface area contributed by atoms with Crippen molar-refractivity contribution in [2.45, 2.75) is 25.7 Å². The maximum atomic E-state index is 13.7. The van der Waals surface area contributed by atoms with Crippen molar-refractivity contribution in [1.82, 2.24) is 4.98 Å². The Labute approximate surface area is 117 Å². The summed E-state index contributed by atoms with van der Waals surface area (Å²) in [5.74, 6) is 0.0407. The van der Waals surface area contributed by atoms with Crippen molar-refractivity contribution in [2.24, 2.45) is 0 Å². The van der Waals surface area contributed by atoms with Crippen LogP contribution < -0.4 is 5.73 Å². The summed E-state index contributed by atoms with van der Waals surface area (Å²) in [5.41, 5.74) is 8.99. The molecule has 18 heavy (non-hydrogen) atoms. The molecule has 1 aliphatic rings. The number of hydrogen-bond acceptors (Lipinski definition) is 3. The molecule has 0 radical (unpaired) electrons. The van der Waals surface area contributed by atoms with E-state index in [9.17, 15) is 4.39 Å². The lowest BCUT2D eigenvalue weighted by Crippen LogP contribution is -1.99. The molecule has 1 aromatic heterocycles. The second-order valence-electron chi connectivity index (χ2n) is 4.58. The minimum absolute atomic E-state index is 0.207. The number of rotatable bonds is 1. The number of nitrogens with zero attached hydrogens (tertiary/aromatic N) is 1. The summed E-state index contributed by atoms with van der Waals surface area (Å²) in [4.78, 5) is 5.54. The second kappa shape index (κ2) is 4.31. The molecule has 2 N–H and O–H groups in total. The smallest absolute Gasteiger partial charge is 0.180 e. The first kappa shape index (κ1) is 12.1. The zero-order chi connectivity index (χ0) is 12.9. The van der Waals surface area contributed by atoms with Crippen LogP contribution in [-0.2, 0) is 6.42 Å². The van der Waals surface area contributed by atoms with E-state index >= 15 is 0 Å². The van der Waals surface area contributed by atoms with Crippen LogP contribution in [0.15, 0.2) is 16.6 Å². The third-order valence-electron chi connectivity index (χ3n) is 3.41. The van der Waals surface area contributed by atoms with Crippen molar-refractivity contribution in [3.8, 4) is 0 Å². The maximum absolute atomic E-state index is 13.7. The predicted molar refractivity (Wildman–Crippen MR) is 75.5 cm³/mol. The molecule has 94 valence electrons. The molecule has 0 amide bonds. The zero-order valence-corrected chi connectivity index (χ0v) is 12.2. The molecule has 3 rings (SSSR count). The first-order chi connectivity index (χ1) is 8.56. The van der Waals surface area contributed by atoms with Crippen LogP contribution in [0.2, 0.25) is 0 Å². The first-order valence-electron chi connectivity index (χ1n) is 5.77. The van der Waals surface area contributed by atoms with Gasteiger partial charge in [-0.3, -0.25) is 0 Å². The standard InChI is InChI=1S/C13H12BrFN2S/c1-6-4-9(14)10(15)5-8(6)7-2-3-11-12(7)18-13(16)17-11/h4-5,7H,2-3H2,1H3,(H2,16,17). The van der Waals surface area contributed by atoms with Crippen molar-refractivity contribution < 1.29 is 4.39 Å². The lowest BCUT2D eigenvalue weighted by molar-refractivity contribution is 0.615. The van der Waals surface area contributed by atoms with Crippen LogP contribution in [0, 0.1) is 12.7 Å². The number of hydrogen-bond donors (Lipinski definition) is 1. The van der Waals surface area contributed by atoms with E-state index in [1.54, 1.807) is 6.07 Å². The van der Waals surface area contributed by atoms with Crippen LogP contribution in [0.5, 0.6) is 0 Å². The highest BCUT2D eigenvalue weighted by atomic mass is 79.9. The number of halogens is 2. The van der Waals surface area contributed by atoms with E-state index in [1.807, 2.05) is 13.0 Å². The summed E-state index contributed by atoms with van der Waals surface area (Å²) in [6.45, 7) is 2.02. The second-order valence-corrected chi connectivity index (χ2v) is 6.49. The Hall–Kier alpha value is -0.940. The highest BCUT2D eigenvalue weighted by Crippen LogP contribution is 2.43. The highest BCUT2D eigenvalue weighted by Gasteiger charge is 2.29. The normalized spacial score (nSPS) is 18.1. The number of nitrogen functional groups attached to an aromatic ring is 1. The average molecular weight is 327 g/mol. The lowest BCUT2D eigenvalue weighted by Gasteiger charge is -2.14. The zero-order valence-electron chi connectivity index (χ0n) is 9.84. The van der Waals surface area contributed by atoms with E-state index in [2.05, 4.69) is 20.9 Å². The van der Waals surface area contributed by atoms with Gasteiger partial charge in [-0.05, 0) is 59.0 Å². The summed E-state index contributed by atoms with van der Waals surface area (Å²) in [6.07, 6.45) is 1.93. The molecular weight excluding hydrogens is 315 g/mol. The van der Waals surface area contributed by atoms with E-state index in [0.29, 0.717) is 9.60 Å². The van der Waals surface area contributed by atoms with E-state index in [0.717, 1.165) is 29.7 Å². The number of thiazole rings is 1. The molecule has 1 unspecified atom stereocenters. The van der Waals surface area contributed by atoms with Crippen LogP contribution in [0.3, 0.4) is 0 Å². The van der Waals surface area contributed by atoms with Crippen molar-refractivity contribution >= 4 is 32.4 Å². The molecule has 0 aliphatic heterocycles. The van der Waals surface area contributed by atoms with E-state index in [4.69, 9.17) is 5.73 Å². The topological polar surface area (TPSA) is 38.9 Å². The van der Waals surface area contributed by atoms with Crippen molar-refractivity contribution in [3.63, 3.8) is 0 Å². The number of fused-ring (bicyclic) bond motifs is 1. The molecule has 5 heteroatoms. The molecule has 1 aromatic carbocycles. The summed E-state index contributed by atoms with van der Waals surface area (Å²) >= 11 is 4.75. The van der Waals surface area contributed by atoms with Gasteiger partial charge in [0.25, 0.3) is 0 Å². The molecule has 2 aromatic rings. The Morgan fingerprint density at radius 3 is 3.06 bits per heavy atom. The molecule has 2 nitrogen and oxygen atoms in total. The van der Waals surface area contributed by atoms with E-state index in [1.165, 1.54) is 16.2 Å². The van der Waals surface area contributed by atoms with Gasteiger partial charge in [-0.2, -0.15) is 0 Å². The molecule has 0 fully saturated rings. The fourth-order valence-corrected chi connectivity index (χ4v) is 4.07. The first-order valence-corrected chi connectivity index (χ1v) is 7.38. The summed E-state index contributed by atoms with van der Waals surface area (Å²) in [5, 5.41) is 0.611. The largest absolute Gasteiger partial charge is 0.375 e. The minimum atomic E-state index is -0.207. The number of aromatic nitrogens is 1. The molecule has 0 saturated carbocycles. The van der Waals surface area contributed by atoms with Crippen molar-refractivity contribution in [2.75, 3.05) is 5.73 Å². The van der Waals surface area contributed by atoms with Crippen molar-refractivity contribution in [1.29, 1.82) is 0 Å². The molecule has 0 saturated heterocycles. The predicted octanol–water partition coefficient (Wildman–Crippen LogP) is 4.01. The lowest BCUT2D eigenvalue weighted by atomic mass is 9.94. The van der Waals surface area contributed by atoms with Gasteiger partial charge in [0.05, 0.1) is 10.2 Å². The van der Waals surface area contributed by atoms with Crippen LogP contribution in [0.25, 0.3) is 0 Å². The van der Waals surface area contributed by atoms with Crippen LogP contribution in [0.1, 0.15) is 34.0 Å². The van der Waals surface area contributed by atoms with Gasteiger partial charge < -0.3 is 5.73 Å². The van der Waals surface area contributed by atoms with Gasteiger partial charge in [0.2, 0.25) is 0 Å². The van der Waals surface area contributed by atoms with Gasteiger partial charge in [0.1, 0.15) is 5.82 Å². The molecule has 1 atom stereocenters. The van der Waals surface area contributed by atoms with Gasteiger partial charge in [0, 0.05) is 10.8 Å². The fourth-order valence-electron chi connectivity index (χ4n) is 2.58. The maximum Gasteiger partial charge on any atom is 0.180 e. The Morgan fingerprint density at radius 2 is 2.28 bits per heavy atom. The Morgan fingerprint density at radius 1 is 1.50 bits per heavy atom. The van der Waals surface area contributed by atoms with E-state index in [-0.39, 0.29) is 11.7 Å². The van der Waals surface area contributed by atoms with Gasteiger partial charge in [-0.1, -0.05) is 0 Å². The number of nitrogens with two attached hydrogens (primary N) is 1. The third kappa shape index (κ3) is 1.86. The quantitative estimate of drug-likeness (QED) is 0.859. The molecule has 1 aliphatic carbocycles. The Bertz CT molecular complexity index is 624. The third-order valence-corrected chi connectivity index (χ3v) is 5.06. The molecular formula is C13H12BrFN2S. The average Bonchev–Trinajstić information content (AvgIpc) is 2.82. The SMILES string of the molecule is Cc1cc(Br)c(F)cc1C1CCc2nc(N)sc21. The summed E-state index contributed by atoms with van der Waals surface area (Å²) < 4.78 is 14.2.